The Morgan fingerprint density at radius 2 is 1.72 bits per heavy atom. The van der Waals surface area contributed by atoms with Crippen molar-refractivity contribution in [2.24, 2.45) is 0 Å². The standard InChI is InChI=1S/C21H26N2OS/c1-17-8-9-20(18(2)14-17)22-10-12-23(13-11-22)21(24)16-25-15-19-6-4-3-5-7-19/h3-9,14H,10-13,15-16H2,1-2H3. The Balaban J connectivity index is 1.46. The van der Waals surface area contributed by atoms with Crippen LogP contribution >= 0.6 is 11.8 Å². The second-order valence-corrected chi connectivity index (χ2v) is 7.62. The minimum atomic E-state index is 0.265. The maximum absolute atomic E-state index is 12.4. The molecule has 3 nitrogen and oxygen atoms in total. The van der Waals surface area contributed by atoms with Crippen LogP contribution in [0.3, 0.4) is 0 Å². The first-order valence-corrected chi connectivity index (χ1v) is 10.0. The number of nitrogens with zero attached hydrogens (tertiary/aromatic N) is 2. The van der Waals surface area contributed by atoms with Crippen molar-refractivity contribution in [3.63, 3.8) is 0 Å². The molecule has 3 rings (SSSR count). The number of anilines is 1. The topological polar surface area (TPSA) is 23.6 Å². The lowest BCUT2D eigenvalue weighted by Gasteiger charge is -2.37. The molecule has 0 aromatic heterocycles. The molecule has 25 heavy (non-hydrogen) atoms. The maximum Gasteiger partial charge on any atom is 0.232 e. The van der Waals surface area contributed by atoms with Gasteiger partial charge in [-0.3, -0.25) is 4.79 Å². The molecule has 132 valence electrons. The van der Waals surface area contributed by atoms with Gasteiger partial charge in [0, 0.05) is 37.6 Å². The van der Waals surface area contributed by atoms with E-state index in [0.717, 1.165) is 31.9 Å². The third-order valence-corrected chi connectivity index (χ3v) is 5.65. The van der Waals surface area contributed by atoms with Crippen molar-refractivity contribution in [1.29, 1.82) is 0 Å². The highest BCUT2D eigenvalue weighted by Crippen LogP contribution is 2.22. The summed E-state index contributed by atoms with van der Waals surface area (Å²) in [4.78, 5) is 16.8. The summed E-state index contributed by atoms with van der Waals surface area (Å²) < 4.78 is 0. The van der Waals surface area contributed by atoms with E-state index in [1.54, 1.807) is 11.8 Å². The number of hydrogen-bond donors (Lipinski definition) is 0. The van der Waals surface area contributed by atoms with E-state index in [0.29, 0.717) is 5.75 Å². The summed E-state index contributed by atoms with van der Waals surface area (Å²) in [6.45, 7) is 7.76. The van der Waals surface area contributed by atoms with Crippen molar-refractivity contribution in [2.45, 2.75) is 19.6 Å². The zero-order valence-electron chi connectivity index (χ0n) is 15.1. The van der Waals surface area contributed by atoms with Gasteiger partial charge in [-0.1, -0.05) is 48.0 Å². The van der Waals surface area contributed by atoms with Gasteiger partial charge in [0.15, 0.2) is 0 Å². The van der Waals surface area contributed by atoms with E-state index in [9.17, 15) is 4.79 Å². The van der Waals surface area contributed by atoms with Crippen molar-refractivity contribution < 1.29 is 4.79 Å². The van der Waals surface area contributed by atoms with Gasteiger partial charge in [-0.05, 0) is 31.0 Å². The van der Waals surface area contributed by atoms with E-state index in [1.807, 2.05) is 23.1 Å². The Kier molecular flexibility index (Phi) is 6.03. The number of amides is 1. The quantitative estimate of drug-likeness (QED) is 0.814. The zero-order chi connectivity index (χ0) is 17.6. The number of piperazine rings is 1. The van der Waals surface area contributed by atoms with Gasteiger partial charge >= 0.3 is 0 Å². The van der Waals surface area contributed by atoms with Crippen LogP contribution in [0, 0.1) is 13.8 Å². The van der Waals surface area contributed by atoms with Crippen LogP contribution in [-0.2, 0) is 10.5 Å². The molecule has 0 aliphatic carbocycles. The molecule has 1 fully saturated rings. The SMILES string of the molecule is Cc1ccc(N2CCN(C(=O)CSCc3ccccc3)CC2)c(C)c1. The van der Waals surface area contributed by atoms with Gasteiger partial charge in [-0.15, -0.1) is 11.8 Å². The first-order chi connectivity index (χ1) is 12.1. The minimum Gasteiger partial charge on any atom is -0.368 e. The van der Waals surface area contributed by atoms with Crippen molar-refractivity contribution in [2.75, 3.05) is 36.8 Å². The summed E-state index contributed by atoms with van der Waals surface area (Å²) in [5, 5.41) is 0. The molecular formula is C21H26N2OS. The van der Waals surface area contributed by atoms with Gasteiger partial charge in [0.05, 0.1) is 5.75 Å². The van der Waals surface area contributed by atoms with E-state index in [2.05, 4.69) is 49.1 Å². The zero-order valence-corrected chi connectivity index (χ0v) is 15.9. The Morgan fingerprint density at radius 3 is 2.40 bits per heavy atom. The molecule has 4 heteroatoms. The summed E-state index contributed by atoms with van der Waals surface area (Å²) in [5.74, 6) is 1.73. The molecule has 0 radical (unpaired) electrons. The molecule has 2 aromatic carbocycles. The summed E-state index contributed by atoms with van der Waals surface area (Å²) in [5.41, 5.74) is 5.19. The summed E-state index contributed by atoms with van der Waals surface area (Å²) in [7, 11) is 0. The number of carbonyl (C=O) groups excluding carboxylic acids is 1. The van der Waals surface area contributed by atoms with Gasteiger partial charge in [-0.25, -0.2) is 0 Å². The van der Waals surface area contributed by atoms with Crippen molar-refractivity contribution in [3.05, 3.63) is 65.2 Å². The lowest BCUT2D eigenvalue weighted by molar-refractivity contribution is -0.128. The van der Waals surface area contributed by atoms with Gasteiger partial charge in [0.25, 0.3) is 0 Å². The van der Waals surface area contributed by atoms with E-state index < -0.39 is 0 Å². The molecule has 1 aliphatic heterocycles. The third-order valence-electron chi connectivity index (χ3n) is 4.66. The van der Waals surface area contributed by atoms with E-state index >= 15 is 0 Å². The van der Waals surface area contributed by atoms with Crippen LogP contribution in [0.1, 0.15) is 16.7 Å². The van der Waals surface area contributed by atoms with Crippen LogP contribution in [0.5, 0.6) is 0 Å². The van der Waals surface area contributed by atoms with E-state index in [1.165, 1.54) is 22.4 Å². The number of hydrogen-bond acceptors (Lipinski definition) is 3. The van der Waals surface area contributed by atoms with Gasteiger partial charge < -0.3 is 9.80 Å². The van der Waals surface area contributed by atoms with Crippen molar-refractivity contribution in [1.82, 2.24) is 4.90 Å². The Labute approximate surface area is 155 Å². The molecule has 2 aromatic rings. The Bertz CT molecular complexity index is 709. The average Bonchev–Trinajstić information content (AvgIpc) is 2.63. The predicted octanol–water partition coefficient (Wildman–Crippen LogP) is 3.89. The van der Waals surface area contributed by atoms with Crippen molar-refractivity contribution in [3.8, 4) is 0 Å². The summed E-state index contributed by atoms with van der Waals surface area (Å²) in [6.07, 6.45) is 0. The number of rotatable bonds is 5. The van der Waals surface area contributed by atoms with E-state index in [-0.39, 0.29) is 5.91 Å². The highest BCUT2D eigenvalue weighted by atomic mass is 32.2. The fourth-order valence-corrected chi connectivity index (χ4v) is 4.17. The number of benzene rings is 2. The van der Waals surface area contributed by atoms with Crippen LogP contribution in [-0.4, -0.2) is 42.7 Å². The number of carbonyl (C=O) groups is 1. The molecule has 0 saturated carbocycles. The smallest absolute Gasteiger partial charge is 0.232 e. The van der Waals surface area contributed by atoms with Gasteiger partial charge in [-0.2, -0.15) is 0 Å². The molecule has 1 saturated heterocycles. The normalized spacial score (nSPS) is 14.6. The van der Waals surface area contributed by atoms with E-state index in [4.69, 9.17) is 0 Å². The first kappa shape index (κ1) is 17.9. The second-order valence-electron chi connectivity index (χ2n) is 6.64. The molecule has 1 heterocycles. The fraction of sp³-hybridized carbons (Fsp3) is 0.381. The first-order valence-electron chi connectivity index (χ1n) is 8.85. The van der Waals surface area contributed by atoms with Crippen molar-refractivity contribution >= 4 is 23.4 Å². The fourth-order valence-electron chi connectivity index (χ4n) is 3.28. The van der Waals surface area contributed by atoms with Crippen LogP contribution in [0.25, 0.3) is 0 Å². The molecule has 1 amide bonds. The number of aryl methyl sites for hydroxylation is 2. The molecule has 0 spiro atoms. The highest BCUT2D eigenvalue weighted by Gasteiger charge is 2.21. The number of thioether (sulfide) groups is 1. The van der Waals surface area contributed by atoms with Gasteiger partial charge in [0.1, 0.15) is 0 Å². The summed E-state index contributed by atoms with van der Waals surface area (Å²) in [6, 6.07) is 16.9. The lowest BCUT2D eigenvalue weighted by atomic mass is 10.1. The molecule has 0 bridgehead atoms. The van der Waals surface area contributed by atoms with Crippen LogP contribution in [0.2, 0.25) is 0 Å². The largest absolute Gasteiger partial charge is 0.368 e. The Morgan fingerprint density at radius 1 is 1.00 bits per heavy atom. The van der Waals surface area contributed by atoms with Crippen LogP contribution in [0.15, 0.2) is 48.5 Å². The van der Waals surface area contributed by atoms with Crippen LogP contribution < -0.4 is 4.90 Å². The molecule has 0 atom stereocenters. The second kappa shape index (κ2) is 8.43. The molecule has 0 unspecified atom stereocenters. The average molecular weight is 355 g/mol. The maximum atomic E-state index is 12.4. The molecular weight excluding hydrogens is 328 g/mol. The summed E-state index contributed by atoms with van der Waals surface area (Å²) >= 11 is 1.70. The van der Waals surface area contributed by atoms with Crippen LogP contribution in [0.4, 0.5) is 5.69 Å². The Hall–Kier alpha value is -1.94. The monoisotopic (exact) mass is 354 g/mol. The third kappa shape index (κ3) is 4.79. The minimum absolute atomic E-state index is 0.265. The molecule has 1 aliphatic rings. The predicted molar refractivity (Wildman–Crippen MR) is 107 cm³/mol. The molecule has 0 N–H and O–H groups in total. The van der Waals surface area contributed by atoms with Gasteiger partial charge in [0.2, 0.25) is 5.91 Å². The lowest BCUT2D eigenvalue weighted by Crippen LogP contribution is -2.49. The highest BCUT2D eigenvalue weighted by molar-refractivity contribution is 7.99.